The molecule has 14 heavy (non-hydrogen) atoms. The first-order chi connectivity index (χ1) is 6.63. The van der Waals surface area contributed by atoms with Crippen LogP contribution in [0.2, 0.25) is 5.02 Å². The summed E-state index contributed by atoms with van der Waals surface area (Å²) in [4.78, 5) is 11.1. The summed E-state index contributed by atoms with van der Waals surface area (Å²) in [5, 5.41) is 4.41. The van der Waals surface area contributed by atoms with Gasteiger partial charge in [0.1, 0.15) is 6.04 Å². The predicted molar refractivity (Wildman–Crippen MR) is 51.8 cm³/mol. The molecule has 0 aliphatic rings. The summed E-state index contributed by atoms with van der Waals surface area (Å²) in [5.74, 6) is -0.431. The van der Waals surface area contributed by atoms with Gasteiger partial charge in [-0.3, -0.25) is 9.48 Å². The van der Waals surface area contributed by atoms with Crippen LogP contribution in [0, 0.1) is 0 Å². The van der Waals surface area contributed by atoms with Gasteiger partial charge in [0, 0.05) is 6.20 Å². The van der Waals surface area contributed by atoms with Crippen molar-refractivity contribution in [1.29, 1.82) is 0 Å². The molecular weight excluding hydrogens is 206 g/mol. The maximum absolute atomic E-state index is 11.1. The van der Waals surface area contributed by atoms with Gasteiger partial charge in [0.25, 0.3) is 0 Å². The maximum Gasteiger partial charge on any atom is 0.324 e. The van der Waals surface area contributed by atoms with Gasteiger partial charge in [-0.15, -0.1) is 0 Å². The van der Waals surface area contributed by atoms with E-state index >= 15 is 0 Å². The summed E-state index contributed by atoms with van der Waals surface area (Å²) in [7, 11) is 0. The Bertz CT molecular complexity index is 313. The van der Waals surface area contributed by atoms with E-state index in [4.69, 9.17) is 22.1 Å². The zero-order valence-corrected chi connectivity index (χ0v) is 8.57. The van der Waals surface area contributed by atoms with Crippen molar-refractivity contribution in [3.8, 4) is 0 Å². The first-order valence-electron chi connectivity index (χ1n) is 4.23. The minimum atomic E-state index is -0.703. The van der Waals surface area contributed by atoms with Gasteiger partial charge in [-0.1, -0.05) is 11.6 Å². The van der Waals surface area contributed by atoms with Crippen molar-refractivity contribution in [3.63, 3.8) is 0 Å². The number of aromatic nitrogens is 2. The summed E-state index contributed by atoms with van der Waals surface area (Å²) in [6.45, 7) is 2.33. The van der Waals surface area contributed by atoms with E-state index in [1.54, 1.807) is 13.1 Å². The average Bonchev–Trinajstić information content (AvgIpc) is 2.51. The molecule has 6 heteroatoms. The Morgan fingerprint density at radius 3 is 3.07 bits per heavy atom. The zero-order valence-electron chi connectivity index (χ0n) is 7.81. The second-order valence-electron chi connectivity index (χ2n) is 2.74. The van der Waals surface area contributed by atoms with Crippen LogP contribution in [-0.4, -0.2) is 28.4 Å². The molecule has 1 aromatic rings. The number of rotatable bonds is 4. The van der Waals surface area contributed by atoms with Crippen molar-refractivity contribution in [2.45, 2.75) is 19.5 Å². The van der Waals surface area contributed by atoms with Crippen LogP contribution in [0.3, 0.4) is 0 Å². The lowest BCUT2D eigenvalue weighted by atomic mass is 10.3. The van der Waals surface area contributed by atoms with E-state index in [2.05, 4.69) is 5.10 Å². The van der Waals surface area contributed by atoms with Gasteiger partial charge < -0.3 is 10.5 Å². The number of nitrogens with two attached hydrogens (primary N) is 1. The highest BCUT2D eigenvalue weighted by molar-refractivity contribution is 6.30. The van der Waals surface area contributed by atoms with E-state index in [-0.39, 0.29) is 6.54 Å². The molecule has 1 heterocycles. The van der Waals surface area contributed by atoms with Crippen molar-refractivity contribution in [1.82, 2.24) is 9.78 Å². The molecule has 0 radical (unpaired) electrons. The van der Waals surface area contributed by atoms with Crippen LogP contribution < -0.4 is 5.73 Å². The van der Waals surface area contributed by atoms with E-state index in [0.717, 1.165) is 0 Å². The second kappa shape index (κ2) is 4.97. The minimum Gasteiger partial charge on any atom is -0.465 e. The molecular formula is C8H12ClN3O2. The van der Waals surface area contributed by atoms with Gasteiger partial charge in [-0.25, -0.2) is 0 Å². The van der Waals surface area contributed by atoms with E-state index in [9.17, 15) is 4.79 Å². The lowest BCUT2D eigenvalue weighted by Crippen LogP contribution is -2.36. The van der Waals surface area contributed by atoms with Gasteiger partial charge in [0.2, 0.25) is 0 Å². The van der Waals surface area contributed by atoms with Crippen molar-refractivity contribution in [2.24, 2.45) is 5.73 Å². The highest BCUT2D eigenvalue weighted by atomic mass is 35.5. The van der Waals surface area contributed by atoms with Crippen molar-refractivity contribution < 1.29 is 9.53 Å². The number of hydrogen-bond acceptors (Lipinski definition) is 4. The number of nitrogens with zero attached hydrogens (tertiary/aromatic N) is 2. The van der Waals surface area contributed by atoms with Crippen LogP contribution in [0.15, 0.2) is 12.4 Å². The van der Waals surface area contributed by atoms with Gasteiger partial charge in [0.05, 0.1) is 24.4 Å². The molecule has 0 spiro atoms. The van der Waals surface area contributed by atoms with Crippen molar-refractivity contribution in [3.05, 3.63) is 17.4 Å². The number of halogens is 1. The Hall–Kier alpha value is -1.07. The summed E-state index contributed by atoms with van der Waals surface area (Å²) >= 11 is 5.64. The molecule has 0 amide bonds. The number of carbonyl (C=O) groups is 1. The van der Waals surface area contributed by atoms with Gasteiger partial charge in [-0.2, -0.15) is 5.10 Å². The summed E-state index contributed by atoms with van der Waals surface area (Å²) in [6.07, 6.45) is 3.08. The highest BCUT2D eigenvalue weighted by Gasteiger charge is 2.15. The summed E-state index contributed by atoms with van der Waals surface area (Å²) in [5.41, 5.74) is 5.57. The Kier molecular flexibility index (Phi) is 3.91. The minimum absolute atomic E-state index is 0.269. The van der Waals surface area contributed by atoms with Gasteiger partial charge in [0.15, 0.2) is 0 Å². The van der Waals surface area contributed by atoms with E-state index in [1.165, 1.54) is 10.9 Å². The number of esters is 1. The molecule has 0 fully saturated rings. The Balaban J connectivity index is 2.48. The van der Waals surface area contributed by atoms with Crippen LogP contribution >= 0.6 is 11.6 Å². The average molecular weight is 218 g/mol. The quantitative estimate of drug-likeness (QED) is 0.743. The molecule has 0 aliphatic heterocycles. The number of carbonyl (C=O) groups excluding carboxylic acids is 1. The molecule has 0 saturated heterocycles. The molecule has 1 aromatic heterocycles. The van der Waals surface area contributed by atoms with E-state index in [0.29, 0.717) is 11.6 Å². The number of ether oxygens (including phenoxy) is 1. The Labute approximate surface area is 86.8 Å². The second-order valence-corrected chi connectivity index (χ2v) is 3.18. The first-order valence-corrected chi connectivity index (χ1v) is 4.61. The molecule has 78 valence electrons. The van der Waals surface area contributed by atoms with E-state index < -0.39 is 12.0 Å². The molecule has 0 aliphatic carbocycles. The smallest absolute Gasteiger partial charge is 0.324 e. The van der Waals surface area contributed by atoms with Crippen LogP contribution in [0.25, 0.3) is 0 Å². The lowest BCUT2D eigenvalue weighted by Gasteiger charge is -2.09. The largest absolute Gasteiger partial charge is 0.465 e. The molecule has 0 bridgehead atoms. The van der Waals surface area contributed by atoms with Crippen molar-refractivity contribution >= 4 is 17.6 Å². The van der Waals surface area contributed by atoms with Gasteiger partial charge >= 0.3 is 5.97 Å². The standard InChI is InChI=1S/C8H12ClN3O2/c1-2-14-8(13)7(10)5-12-4-6(9)3-11-12/h3-4,7H,2,5,10H2,1H3. The molecule has 0 aromatic carbocycles. The number of hydrogen-bond donors (Lipinski definition) is 1. The fourth-order valence-electron chi connectivity index (χ4n) is 0.964. The SMILES string of the molecule is CCOC(=O)C(N)Cn1cc(Cl)cn1. The van der Waals surface area contributed by atoms with E-state index in [1.807, 2.05) is 0 Å². The van der Waals surface area contributed by atoms with Gasteiger partial charge in [-0.05, 0) is 6.92 Å². The van der Waals surface area contributed by atoms with Crippen LogP contribution in [0.4, 0.5) is 0 Å². The third-order valence-corrected chi connectivity index (χ3v) is 1.77. The molecule has 1 atom stereocenters. The fourth-order valence-corrected chi connectivity index (χ4v) is 1.12. The maximum atomic E-state index is 11.1. The fraction of sp³-hybridized carbons (Fsp3) is 0.500. The molecule has 5 nitrogen and oxygen atoms in total. The first kappa shape index (κ1) is 11.0. The highest BCUT2D eigenvalue weighted by Crippen LogP contribution is 2.04. The normalized spacial score (nSPS) is 12.5. The third-order valence-electron chi connectivity index (χ3n) is 1.57. The van der Waals surface area contributed by atoms with Crippen molar-refractivity contribution in [2.75, 3.05) is 6.61 Å². The molecule has 1 unspecified atom stereocenters. The molecule has 0 saturated carbocycles. The van der Waals surface area contributed by atoms with Crippen LogP contribution in [0.5, 0.6) is 0 Å². The lowest BCUT2D eigenvalue weighted by molar-refractivity contribution is -0.145. The predicted octanol–water partition coefficient (Wildman–Crippen LogP) is 0.427. The molecule has 1 rings (SSSR count). The zero-order chi connectivity index (χ0) is 10.6. The Morgan fingerprint density at radius 2 is 2.57 bits per heavy atom. The molecule has 2 N–H and O–H groups in total. The Morgan fingerprint density at radius 1 is 1.86 bits per heavy atom. The van der Waals surface area contributed by atoms with Crippen LogP contribution in [0.1, 0.15) is 6.92 Å². The van der Waals surface area contributed by atoms with Crippen LogP contribution in [-0.2, 0) is 16.1 Å². The third kappa shape index (κ3) is 3.01. The monoisotopic (exact) mass is 217 g/mol. The topological polar surface area (TPSA) is 70.1 Å². The summed E-state index contributed by atoms with van der Waals surface area (Å²) in [6, 6.07) is -0.703. The summed E-state index contributed by atoms with van der Waals surface area (Å²) < 4.78 is 6.25.